The molecule has 0 saturated carbocycles. The molecule has 148 valence electrons. The van der Waals surface area contributed by atoms with E-state index in [9.17, 15) is 0 Å². The lowest BCUT2D eigenvalue weighted by atomic mass is 10.2. The van der Waals surface area contributed by atoms with Crippen molar-refractivity contribution in [3.63, 3.8) is 0 Å². The predicted octanol–water partition coefficient (Wildman–Crippen LogP) is 2.28. The van der Waals surface area contributed by atoms with E-state index in [1.165, 1.54) is 5.56 Å². The minimum absolute atomic E-state index is 0.128. The van der Waals surface area contributed by atoms with Crippen molar-refractivity contribution in [1.29, 1.82) is 0 Å². The van der Waals surface area contributed by atoms with E-state index < -0.39 is 0 Å². The smallest absolute Gasteiger partial charge is 0.231 e. The number of nitrogens with zero attached hydrogens (tertiary/aromatic N) is 1. The average Bonchev–Trinajstić information content (AvgIpc) is 3.20. The summed E-state index contributed by atoms with van der Waals surface area (Å²) < 4.78 is 16.6. The number of ether oxygens (including phenoxy) is 3. The van der Waals surface area contributed by atoms with Gasteiger partial charge in [-0.15, -0.1) is 0 Å². The average molecular weight is 400 g/mol. The molecule has 0 radical (unpaired) electrons. The van der Waals surface area contributed by atoms with E-state index in [0.717, 1.165) is 43.3 Å². The maximum atomic E-state index is 5.89. The van der Waals surface area contributed by atoms with Crippen LogP contribution in [-0.2, 0) is 17.8 Å². The maximum absolute atomic E-state index is 5.89. The first-order chi connectivity index (χ1) is 13.8. The van der Waals surface area contributed by atoms with Gasteiger partial charge in [0.25, 0.3) is 0 Å². The molecule has 6 nitrogen and oxygen atoms in total. The minimum Gasteiger partial charge on any atom is -0.454 e. The number of morpholine rings is 1. The highest BCUT2D eigenvalue weighted by molar-refractivity contribution is 7.80. The highest BCUT2D eigenvalue weighted by Crippen LogP contribution is 2.32. The summed E-state index contributed by atoms with van der Waals surface area (Å²) in [5.41, 5.74) is 2.42. The third kappa shape index (κ3) is 5.13. The molecular formula is C21H25N3O3S. The summed E-state index contributed by atoms with van der Waals surface area (Å²) in [6, 6.07) is 16.5. The Balaban J connectivity index is 1.19. The van der Waals surface area contributed by atoms with Gasteiger partial charge >= 0.3 is 0 Å². The van der Waals surface area contributed by atoms with Gasteiger partial charge in [-0.25, -0.2) is 0 Å². The van der Waals surface area contributed by atoms with E-state index >= 15 is 0 Å². The van der Waals surface area contributed by atoms with Crippen molar-refractivity contribution in [1.82, 2.24) is 15.5 Å². The molecule has 1 atom stereocenters. The summed E-state index contributed by atoms with van der Waals surface area (Å²) in [7, 11) is 0. The fourth-order valence-corrected chi connectivity index (χ4v) is 3.55. The Morgan fingerprint density at radius 1 is 1.04 bits per heavy atom. The van der Waals surface area contributed by atoms with E-state index in [-0.39, 0.29) is 12.9 Å². The molecule has 2 aromatic rings. The van der Waals surface area contributed by atoms with Crippen LogP contribution >= 0.6 is 12.2 Å². The molecule has 28 heavy (non-hydrogen) atoms. The van der Waals surface area contributed by atoms with Crippen molar-refractivity contribution in [2.45, 2.75) is 19.2 Å². The van der Waals surface area contributed by atoms with E-state index in [0.29, 0.717) is 18.2 Å². The molecule has 0 unspecified atom stereocenters. The molecule has 2 aromatic carbocycles. The number of thiocarbonyl (C=S) groups is 1. The number of rotatable bonds is 6. The molecule has 0 aliphatic carbocycles. The van der Waals surface area contributed by atoms with Gasteiger partial charge in [-0.2, -0.15) is 0 Å². The van der Waals surface area contributed by atoms with Gasteiger partial charge in [0.05, 0.1) is 12.7 Å². The second kappa shape index (κ2) is 9.23. The summed E-state index contributed by atoms with van der Waals surface area (Å²) in [5.74, 6) is 1.58. The molecule has 2 aliphatic heterocycles. The summed E-state index contributed by atoms with van der Waals surface area (Å²) in [6.45, 7) is 5.16. The van der Waals surface area contributed by atoms with Crippen LogP contribution in [0.3, 0.4) is 0 Å². The van der Waals surface area contributed by atoms with E-state index in [4.69, 9.17) is 26.4 Å². The number of fused-ring (bicyclic) bond motifs is 1. The van der Waals surface area contributed by atoms with Gasteiger partial charge in [0.15, 0.2) is 16.6 Å². The van der Waals surface area contributed by atoms with Crippen LogP contribution in [0, 0.1) is 0 Å². The fraction of sp³-hybridized carbons (Fsp3) is 0.381. The summed E-state index contributed by atoms with van der Waals surface area (Å²) in [5, 5.41) is 7.13. The number of hydrogen-bond donors (Lipinski definition) is 2. The third-order valence-electron chi connectivity index (χ3n) is 4.85. The van der Waals surface area contributed by atoms with Crippen molar-refractivity contribution >= 4 is 17.3 Å². The van der Waals surface area contributed by atoms with Gasteiger partial charge in [0, 0.05) is 32.7 Å². The van der Waals surface area contributed by atoms with Crippen molar-refractivity contribution < 1.29 is 14.2 Å². The van der Waals surface area contributed by atoms with Crippen LogP contribution in [0.2, 0.25) is 0 Å². The number of hydrogen-bond acceptors (Lipinski definition) is 5. The summed E-state index contributed by atoms with van der Waals surface area (Å²) in [6.07, 6.45) is 0.128. The highest BCUT2D eigenvalue weighted by atomic mass is 32.1. The van der Waals surface area contributed by atoms with Crippen molar-refractivity contribution in [2.24, 2.45) is 0 Å². The Kier molecular flexibility index (Phi) is 6.26. The standard InChI is InChI=1S/C21H25N3O3S/c28-21(22-11-17-6-7-19-20(10-17)27-15-26-19)23-12-18-14-24(8-9-25-18)13-16-4-2-1-3-5-16/h1-7,10,18H,8-9,11-15H2,(H2,22,23,28)/t18-/m1/s1. The first kappa shape index (κ1) is 19.0. The first-order valence-electron chi connectivity index (χ1n) is 9.54. The van der Waals surface area contributed by atoms with Gasteiger partial charge < -0.3 is 24.8 Å². The van der Waals surface area contributed by atoms with Crippen LogP contribution in [0.1, 0.15) is 11.1 Å². The molecule has 2 heterocycles. The molecule has 0 amide bonds. The molecular weight excluding hydrogens is 374 g/mol. The fourth-order valence-electron chi connectivity index (χ4n) is 3.39. The van der Waals surface area contributed by atoms with E-state index in [1.54, 1.807) is 0 Å². The van der Waals surface area contributed by atoms with Crippen LogP contribution in [0.5, 0.6) is 11.5 Å². The highest BCUT2D eigenvalue weighted by Gasteiger charge is 2.20. The van der Waals surface area contributed by atoms with E-state index in [1.807, 2.05) is 24.3 Å². The van der Waals surface area contributed by atoms with Crippen LogP contribution in [0.15, 0.2) is 48.5 Å². The molecule has 1 fully saturated rings. The second-order valence-corrected chi connectivity index (χ2v) is 7.37. The molecule has 0 aromatic heterocycles. The Morgan fingerprint density at radius 2 is 1.89 bits per heavy atom. The quantitative estimate of drug-likeness (QED) is 0.723. The lowest BCUT2D eigenvalue weighted by molar-refractivity contribution is -0.0280. The molecule has 0 bridgehead atoms. The van der Waals surface area contributed by atoms with Crippen molar-refractivity contribution in [3.8, 4) is 11.5 Å². The van der Waals surface area contributed by atoms with Crippen molar-refractivity contribution in [2.75, 3.05) is 33.0 Å². The lowest BCUT2D eigenvalue weighted by Crippen LogP contribution is -2.48. The minimum atomic E-state index is 0.128. The third-order valence-corrected chi connectivity index (χ3v) is 5.14. The SMILES string of the molecule is S=C(NCc1ccc2c(c1)OCO2)NC[C@@H]1CN(Cc2ccccc2)CCO1. The maximum Gasteiger partial charge on any atom is 0.231 e. The molecule has 7 heteroatoms. The van der Waals surface area contributed by atoms with Gasteiger partial charge in [-0.1, -0.05) is 36.4 Å². The van der Waals surface area contributed by atoms with Gasteiger partial charge in [0.2, 0.25) is 6.79 Å². The van der Waals surface area contributed by atoms with Crippen molar-refractivity contribution in [3.05, 3.63) is 59.7 Å². The predicted molar refractivity (Wildman–Crippen MR) is 111 cm³/mol. The second-order valence-electron chi connectivity index (χ2n) is 6.96. The van der Waals surface area contributed by atoms with Crippen LogP contribution in [-0.4, -0.2) is 49.2 Å². The Labute approximate surface area is 170 Å². The topological polar surface area (TPSA) is 55.0 Å². The number of nitrogens with one attached hydrogen (secondary N) is 2. The summed E-state index contributed by atoms with van der Waals surface area (Å²) >= 11 is 5.41. The molecule has 2 aliphatic rings. The van der Waals surface area contributed by atoms with Gasteiger partial charge in [-0.05, 0) is 35.5 Å². The van der Waals surface area contributed by atoms with Crippen LogP contribution < -0.4 is 20.1 Å². The number of benzene rings is 2. The monoisotopic (exact) mass is 399 g/mol. The van der Waals surface area contributed by atoms with Gasteiger partial charge in [0.1, 0.15) is 0 Å². The Morgan fingerprint density at radius 3 is 2.79 bits per heavy atom. The normalized spacial score (nSPS) is 18.6. The zero-order valence-electron chi connectivity index (χ0n) is 15.7. The molecule has 4 rings (SSSR count). The van der Waals surface area contributed by atoms with Crippen LogP contribution in [0.4, 0.5) is 0 Å². The first-order valence-corrected chi connectivity index (χ1v) is 9.95. The molecule has 0 spiro atoms. The Bertz CT molecular complexity index is 803. The Hall–Kier alpha value is -2.35. The zero-order valence-corrected chi connectivity index (χ0v) is 16.5. The molecule has 1 saturated heterocycles. The largest absolute Gasteiger partial charge is 0.454 e. The van der Waals surface area contributed by atoms with Crippen LogP contribution in [0.25, 0.3) is 0 Å². The van der Waals surface area contributed by atoms with Gasteiger partial charge in [-0.3, -0.25) is 4.90 Å². The summed E-state index contributed by atoms with van der Waals surface area (Å²) in [4.78, 5) is 2.42. The lowest BCUT2D eigenvalue weighted by Gasteiger charge is -2.33. The zero-order chi connectivity index (χ0) is 19.2. The van der Waals surface area contributed by atoms with E-state index in [2.05, 4.69) is 39.8 Å². The molecule has 2 N–H and O–H groups in total.